The lowest BCUT2D eigenvalue weighted by Gasteiger charge is -2.29. The molecule has 20 heavy (non-hydrogen) atoms. The average molecular weight is 273 g/mol. The number of carbonyl (C=O) groups excluding carboxylic acids is 1. The summed E-state index contributed by atoms with van der Waals surface area (Å²) in [6.45, 7) is 0.583. The zero-order valence-electron chi connectivity index (χ0n) is 10.4. The van der Waals surface area contributed by atoms with Crippen LogP contribution < -0.4 is 9.64 Å². The summed E-state index contributed by atoms with van der Waals surface area (Å²) in [7, 11) is 0. The molecule has 0 atom stereocenters. The van der Waals surface area contributed by atoms with Gasteiger partial charge in [0, 0.05) is 0 Å². The van der Waals surface area contributed by atoms with Crippen LogP contribution in [0.15, 0.2) is 41.0 Å². The Morgan fingerprint density at radius 3 is 2.75 bits per heavy atom. The minimum Gasteiger partial charge on any atom is -0.489 e. The maximum Gasteiger partial charge on any atom is 0.339 e. The number of rotatable bonds is 2. The smallest absolute Gasteiger partial charge is 0.339 e. The Morgan fingerprint density at radius 2 is 2.05 bits per heavy atom. The van der Waals surface area contributed by atoms with E-state index in [9.17, 15) is 9.59 Å². The van der Waals surface area contributed by atoms with E-state index in [-0.39, 0.29) is 29.6 Å². The van der Waals surface area contributed by atoms with Gasteiger partial charge in [0.15, 0.2) is 11.5 Å². The highest BCUT2D eigenvalue weighted by Gasteiger charge is 2.29. The fraction of sp³-hybridized carbons (Fsp3) is 0.143. The second-order valence-corrected chi connectivity index (χ2v) is 4.24. The van der Waals surface area contributed by atoms with Gasteiger partial charge in [0.1, 0.15) is 12.2 Å². The molecule has 0 unspecified atom stereocenters. The first-order chi connectivity index (χ1) is 9.68. The molecule has 1 aromatic heterocycles. The van der Waals surface area contributed by atoms with Gasteiger partial charge in [-0.3, -0.25) is 9.69 Å². The van der Waals surface area contributed by atoms with Crippen molar-refractivity contribution in [3.8, 4) is 5.75 Å². The second kappa shape index (κ2) is 4.73. The Kier molecular flexibility index (Phi) is 2.90. The fourth-order valence-corrected chi connectivity index (χ4v) is 2.16. The Labute approximate surface area is 114 Å². The van der Waals surface area contributed by atoms with Gasteiger partial charge in [-0.25, -0.2) is 4.79 Å². The lowest BCUT2D eigenvalue weighted by molar-refractivity contribution is 0.0690. The molecule has 3 rings (SSSR count). The Balaban J connectivity index is 2.05. The molecular formula is C14H11NO5. The standard InChI is InChI=1S/C14H11NO5/c16-13(11-5-2-7-19-11)15-6-8-20-12-9(14(17)18)3-1-4-10(12)15/h1-5,7H,6,8H2,(H,17,18). The number of benzene rings is 1. The van der Waals surface area contributed by atoms with E-state index < -0.39 is 5.97 Å². The van der Waals surface area contributed by atoms with E-state index in [1.165, 1.54) is 17.2 Å². The predicted octanol–water partition coefficient (Wildman–Crippen LogP) is 2.02. The number of carboxylic acid groups (broad SMARTS) is 1. The van der Waals surface area contributed by atoms with Gasteiger partial charge in [0.25, 0.3) is 5.91 Å². The van der Waals surface area contributed by atoms with Crippen molar-refractivity contribution in [2.24, 2.45) is 0 Å². The normalized spacial score (nSPS) is 13.5. The van der Waals surface area contributed by atoms with Gasteiger partial charge in [-0.1, -0.05) is 6.07 Å². The number of amides is 1. The van der Waals surface area contributed by atoms with E-state index >= 15 is 0 Å². The predicted molar refractivity (Wildman–Crippen MR) is 69.3 cm³/mol. The first-order valence-electron chi connectivity index (χ1n) is 6.03. The molecule has 1 aliphatic heterocycles. The number of hydrogen-bond donors (Lipinski definition) is 1. The van der Waals surface area contributed by atoms with Crippen LogP contribution in [-0.2, 0) is 0 Å². The summed E-state index contributed by atoms with van der Waals surface area (Å²) in [4.78, 5) is 25.0. The van der Waals surface area contributed by atoms with E-state index in [0.717, 1.165) is 0 Å². The van der Waals surface area contributed by atoms with Gasteiger partial charge in [-0.15, -0.1) is 0 Å². The Bertz CT molecular complexity index is 662. The fourth-order valence-electron chi connectivity index (χ4n) is 2.16. The Morgan fingerprint density at radius 1 is 1.20 bits per heavy atom. The third kappa shape index (κ3) is 1.91. The monoisotopic (exact) mass is 273 g/mol. The van der Waals surface area contributed by atoms with Crippen molar-refractivity contribution >= 4 is 17.6 Å². The van der Waals surface area contributed by atoms with Crippen LogP contribution in [0, 0.1) is 0 Å². The molecular weight excluding hydrogens is 262 g/mol. The van der Waals surface area contributed by atoms with Crippen LogP contribution >= 0.6 is 0 Å². The number of carbonyl (C=O) groups is 2. The molecule has 0 radical (unpaired) electrons. The number of hydrogen-bond acceptors (Lipinski definition) is 4. The molecule has 0 aliphatic carbocycles. The van der Waals surface area contributed by atoms with Gasteiger partial charge in [0.05, 0.1) is 18.5 Å². The maximum absolute atomic E-state index is 12.3. The summed E-state index contributed by atoms with van der Waals surface area (Å²) in [5, 5.41) is 9.15. The SMILES string of the molecule is O=C(O)c1cccc2c1OCCN2C(=O)c1ccco1. The van der Waals surface area contributed by atoms with Gasteiger partial charge < -0.3 is 14.3 Å². The molecule has 1 amide bonds. The molecule has 2 aromatic rings. The largest absolute Gasteiger partial charge is 0.489 e. The number of para-hydroxylation sites is 1. The molecule has 6 nitrogen and oxygen atoms in total. The van der Waals surface area contributed by atoms with Crippen LogP contribution in [0.3, 0.4) is 0 Å². The van der Waals surface area contributed by atoms with Crippen LogP contribution in [0.4, 0.5) is 5.69 Å². The van der Waals surface area contributed by atoms with Crippen LogP contribution in [-0.4, -0.2) is 30.1 Å². The van der Waals surface area contributed by atoms with Gasteiger partial charge >= 0.3 is 5.97 Å². The summed E-state index contributed by atoms with van der Waals surface area (Å²) in [6.07, 6.45) is 1.42. The zero-order chi connectivity index (χ0) is 14.1. The van der Waals surface area contributed by atoms with E-state index in [1.54, 1.807) is 24.3 Å². The van der Waals surface area contributed by atoms with E-state index in [1.807, 2.05) is 0 Å². The lowest BCUT2D eigenvalue weighted by atomic mass is 10.1. The summed E-state index contributed by atoms with van der Waals surface area (Å²) in [6, 6.07) is 7.88. The topological polar surface area (TPSA) is 80.0 Å². The number of furan rings is 1. The zero-order valence-corrected chi connectivity index (χ0v) is 10.4. The first-order valence-corrected chi connectivity index (χ1v) is 6.03. The first kappa shape index (κ1) is 12.3. The molecule has 0 saturated carbocycles. The van der Waals surface area contributed by atoms with Crippen LogP contribution in [0.25, 0.3) is 0 Å². The number of ether oxygens (including phenoxy) is 1. The van der Waals surface area contributed by atoms with Gasteiger partial charge in [0.2, 0.25) is 0 Å². The molecule has 1 aromatic carbocycles. The molecule has 1 N–H and O–H groups in total. The minimum atomic E-state index is -1.09. The summed E-state index contributed by atoms with van der Waals surface area (Å²) in [5.41, 5.74) is 0.483. The lowest BCUT2D eigenvalue weighted by Crippen LogP contribution is -2.38. The highest BCUT2D eigenvalue weighted by molar-refractivity contribution is 6.06. The van der Waals surface area contributed by atoms with Crippen molar-refractivity contribution in [3.05, 3.63) is 47.9 Å². The second-order valence-electron chi connectivity index (χ2n) is 4.24. The number of fused-ring (bicyclic) bond motifs is 1. The van der Waals surface area contributed by atoms with Crippen LogP contribution in [0.5, 0.6) is 5.75 Å². The van der Waals surface area contributed by atoms with Gasteiger partial charge in [-0.05, 0) is 24.3 Å². The van der Waals surface area contributed by atoms with E-state index in [2.05, 4.69) is 0 Å². The van der Waals surface area contributed by atoms with Crippen molar-refractivity contribution in [2.75, 3.05) is 18.1 Å². The minimum absolute atomic E-state index is 0.0412. The summed E-state index contributed by atoms with van der Waals surface area (Å²) in [5.74, 6) is -0.985. The average Bonchev–Trinajstić information content (AvgIpc) is 2.99. The van der Waals surface area contributed by atoms with Crippen LogP contribution in [0.1, 0.15) is 20.9 Å². The summed E-state index contributed by atoms with van der Waals surface area (Å²) < 4.78 is 10.5. The number of anilines is 1. The van der Waals surface area contributed by atoms with Crippen molar-refractivity contribution in [3.63, 3.8) is 0 Å². The molecule has 0 saturated heterocycles. The van der Waals surface area contributed by atoms with E-state index in [0.29, 0.717) is 12.2 Å². The third-order valence-electron chi connectivity index (χ3n) is 3.05. The molecule has 0 fully saturated rings. The number of carboxylic acids is 1. The van der Waals surface area contributed by atoms with Crippen molar-refractivity contribution in [1.82, 2.24) is 0 Å². The quantitative estimate of drug-likeness (QED) is 0.905. The third-order valence-corrected chi connectivity index (χ3v) is 3.05. The van der Waals surface area contributed by atoms with Crippen molar-refractivity contribution < 1.29 is 23.8 Å². The maximum atomic E-state index is 12.3. The van der Waals surface area contributed by atoms with Gasteiger partial charge in [-0.2, -0.15) is 0 Å². The molecule has 2 heterocycles. The molecule has 0 bridgehead atoms. The van der Waals surface area contributed by atoms with E-state index in [4.69, 9.17) is 14.3 Å². The van der Waals surface area contributed by atoms with Crippen molar-refractivity contribution in [2.45, 2.75) is 0 Å². The van der Waals surface area contributed by atoms with Crippen LogP contribution in [0.2, 0.25) is 0 Å². The molecule has 6 heteroatoms. The van der Waals surface area contributed by atoms with Crippen molar-refractivity contribution in [1.29, 1.82) is 0 Å². The highest BCUT2D eigenvalue weighted by atomic mass is 16.5. The molecule has 1 aliphatic rings. The number of nitrogens with zero attached hydrogens (tertiary/aromatic N) is 1. The Hall–Kier alpha value is -2.76. The molecule has 102 valence electrons. The summed E-state index contributed by atoms with van der Waals surface area (Å²) >= 11 is 0. The highest BCUT2D eigenvalue weighted by Crippen LogP contribution is 2.35. The molecule has 0 spiro atoms. The number of aromatic carboxylic acids is 1.